The van der Waals surface area contributed by atoms with Gasteiger partial charge in [-0.15, -0.1) is 22.7 Å². The van der Waals surface area contributed by atoms with Crippen molar-refractivity contribution < 1.29 is 4.79 Å². The Morgan fingerprint density at radius 2 is 2.30 bits per heavy atom. The van der Waals surface area contributed by atoms with Crippen molar-refractivity contribution in [1.29, 1.82) is 0 Å². The summed E-state index contributed by atoms with van der Waals surface area (Å²) in [7, 11) is 0. The lowest BCUT2D eigenvalue weighted by atomic mass is 10.2. The molecule has 0 saturated carbocycles. The van der Waals surface area contributed by atoms with Crippen LogP contribution < -0.4 is 5.32 Å². The maximum Gasteiger partial charge on any atom is 0.266 e. The Kier molecular flexibility index (Phi) is 5.36. The molecule has 3 rings (SSSR count). The zero-order chi connectivity index (χ0) is 16.4. The molecule has 1 amide bonds. The topological polar surface area (TPSA) is 45.2 Å². The van der Waals surface area contributed by atoms with E-state index in [4.69, 9.17) is 11.6 Å². The lowest BCUT2D eigenvalue weighted by Crippen LogP contribution is -2.42. The summed E-state index contributed by atoms with van der Waals surface area (Å²) in [4.78, 5) is 21.4. The summed E-state index contributed by atoms with van der Waals surface area (Å²) in [6.45, 7) is 6.69. The van der Waals surface area contributed by atoms with Gasteiger partial charge in [-0.3, -0.25) is 4.79 Å². The zero-order valence-electron chi connectivity index (χ0n) is 13.3. The molecule has 1 N–H and O–H groups in total. The largest absolute Gasteiger partial charge is 0.334 e. The number of rotatable bonds is 5. The van der Waals surface area contributed by atoms with Crippen LogP contribution in [0.2, 0.25) is 4.34 Å². The highest BCUT2D eigenvalue weighted by molar-refractivity contribution is 7.24. The lowest BCUT2D eigenvalue weighted by molar-refractivity contribution is 0.0696. The van der Waals surface area contributed by atoms with Crippen LogP contribution in [0.5, 0.6) is 0 Å². The summed E-state index contributed by atoms with van der Waals surface area (Å²) < 4.78 is 0.741. The summed E-state index contributed by atoms with van der Waals surface area (Å²) in [5.74, 6) is 0.115. The Morgan fingerprint density at radius 3 is 2.91 bits per heavy atom. The number of hydrogen-bond donors (Lipinski definition) is 1. The third-order valence-corrected chi connectivity index (χ3v) is 6.52. The minimum absolute atomic E-state index is 0.115. The number of nitrogens with zero attached hydrogens (tertiary/aromatic N) is 2. The molecule has 1 aliphatic rings. The molecule has 4 nitrogen and oxygen atoms in total. The fraction of sp³-hybridized carbons (Fsp3) is 0.500. The Balaban J connectivity index is 1.87. The fourth-order valence-corrected chi connectivity index (χ4v) is 4.98. The number of thiazole rings is 1. The first-order chi connectivity index (χ1) is 11.1. The van der Waals surface area contributed by atoms with Crippen LogP contribution in [0.15, 0.2) is 12.1 Å². The van der Waals surface area contributed by atoms with E-state index in [1.54, 1.807) is 0 Å². The number of halogens is 1. The van der Waals surface area contributed by atoms with Gasteiger partial charge in [-0.05, 0) is 38.4 Å². The van der Waals surface area contributed by atoms with Gasteiger partial charge >= 0.3 is 0 Å². The average Bonchev–Trinajstić information content (AvgIpc) is 3.24. The smallest absolute Gasteiger partial charge is 0.266 e. The summed E-state index contributed by atoms with van der Waals surface area (Å²) in [5.41, 5.74) is 0.812. The van der Waals surface area contributed by atoms with Crippen LogP contribution in [-0.4, -0.2) is 41.5 Å². The second kappa shape index (κ2) is 7.30. The van der Waals surface area contributed by atoms with Gasteiger partial charge < -0.3 is 10.2 Å². The highest BCUT2D eigenvalue weighted by atomic mass is 35.5. The summed E-state index contributed by atoms with van der Waals surface area (Å²) in [6, 6.07) is 4.13. The van der Waals surface area contributed by atoms with Crippen LogP contribution in [0.4, 0.5) is 0 Å². The van der Waals surface area contributed by atoms with Crippen LogP contribution in [0.1, 0.15) is 35.1 Å². The minimum atomic E-state index is 0.115. The monoisotopic (exact) mass is 369 g/mol. The molecule has 0 spiro atoms. The van der Waals surface area contributed by atoms with Gasteiger partial charge in [0, 0.05) is 19.1 Å². The predicted molar refractivity (Wildman–Crippen MR) is 97.8 cm³/mol. The van der Waals surface area contributed by atoms with E-state index in [-0.39, 0.29) is 5.91 Å². The maximum atomic E-state index is 13.0. The second-order valence-electron chi connectivity index (χ2n) is 5.68. The number of amides is 1. The van der Waals surface area contributed by atoms with E-state index >= 15 is 0 Å². The van der Waals surface area contributed by atoms with E-state index in [9.17, 15) is 4.79 Å². The molecule has 0 aliphatic carbocycles. The Labute approximate surface area is 149 Å². The molecule has 1 unspecified atom stereocenters. The number of aromatic nitrogens is 1. The van der Waals surface area contributed by atoms with Gasteiger partial charge in [-0.2, -0.15) is 0 Å². The zero-order valence-corrected chi connectivity index (χ0v) is 15.7. The second-order valence-corrected chi connectivity index (χ2v) is 8.40. The number of thiophene rings is 1. The first-order valence-electron chi connectivity index (χ1n) is 7.85. The van der Waals surface area contributed by atoms with E-state index in [2.05, 4.69) is 17.2 Å². The minimum Gasteiger partial charge on any atom is -0.334 e. The van der Waals surface area contributed by atoms with Crippen molar-refractivity contribution in [2.24, 2.45) is 0 Å². The average molecular weight is 370 g/mol. The molecule has 7 heteroatoms. The third-order valence-electron chi connectivity index (χ3n) is 3.98. The molecule has 2 aromatic heterocycles. The van der Waals surface area contributed by atoms with Crippen molar-refractivity contribution in [3.05, 3.63) is 27.0 Å². The van der Waals surface area contributed by atoms with Gasteiger partial charge in [0.05, 0.1) is 14.9 Å². The number of carbonyl (C=O) groups excluding carboxylic acids is 1. The molecule has 1 fully saturated rings. The number of nitrogens with one attached hydrogen (secondary N) is 1. The Morgan fingerprint density at radius 1 is 1.48 bits per heavy atom. The molecule has 2 aromatic rings. The van der Waals surface area contributed by atoms with E-state index in [0.717, 1.165) is 57.3 Å². The van der Waals surface area contributed by atoms with Crippen molar-refractivity contribution in [2.75, 3.05) is 19.6 Å². The molecule has 1 saturated heterocycles. The Bertz CT molecular complexity index is 691. The molecule has 124 valence electrons. The highest BCUT2D eigenvalue weighted by Crippen LogP contribution is 2.35. The van der Waals surface area contributed by atoms with E-state index < -0.39 is 0 Å². The predicted octanol–water partition coefficient (Wildman–Crippen LogP) is 4.05. The van der Waals surface area contributed by atoms with Crippen molar-refractivity contribution in [2.45, 2.75) is 32.7 Å². The molecule has 0 radical (unpaired) electrons. The number of hydrogen-bond acceptors (Lipinski definition) is 5. The molecule has 0 aromatic carbocycles. The van der Waals surface area contributed by atoms with Gasteiger partial charge in [0.2, 0.25) is 0 Å². The molecule has 1 aliphatic heterocycles. The van der Waals surface area contributed by atoms with Crippen LogP contribution in [-0.2, 0) is 0 Å². The lowest BCUT2D eigenvalue weighted by Gasteiger charge is -2.27. The number of aryl methyl sites for hydroxylation is 1. The van der Waals surface area contributed by atoms with Gasteiger partial charge in [0.1, 0.15) is 9.88 Å². The van der Waals surface area contributed by atoms with Crippen molar-refractivity contribution in [1.82, 2.24) is 15.2 Å². The first kappa shape index (κ1) is 16.9. The van der Waals surface area contributed by atoms with Crippen molar-refractivity contribution >= 4 is 40.2 Å². The van der Waals surface area contributed by atoms with Gasteiger partial charge in [-0.1, -0.05) is 18.5 Å². The van der Waals surface area contributed by atoms with Gasteiger partial charge in [-0.25, -0.2) is 4.98 Å². The van der Waals surface area contributed by atoms with Crippen LogP contribution in [0.3, 0.4) is 0 Å². The molecule has 23 heavy (non-hydrogen) atoms. The van der Waals surface area contributed by atoms with E-state index in [0.29, 0.717) is 6.04 Å². The van der Waals surface area contributed by atoms with Gasteiger partial charge in [0.15, 0.2) is 0 Å². The Hall–Kier alpha value is -0.950. The maximum absolute atomic E-state index is 13.0. The van der Waals surface area contributed by atoms with E-state index in [1.165, 1.54) is 22.7 Å². The molecule has 3 heterocycles. The quantitative estimate of drug-likeness (QED) is 0.864. The molecule has 1 atom stereocenters. The first-order valence-corrected chi connectivity index (χ1v) is 9.86. The van der Waals surface area contributed by atoms with Crippen LogP contribution >= 0.6 is 34.3 Å². The third kappa shape index (κ3) is 3.60. The van der Waals surface area contributed by atoms with Gasteiger partial charge in [0.25, 0.3) is 5.91 Å². The van der Waals surface area contributed by atoms with E-state index in [1.807, 2.05) is 24.0 Å². The normalized spacial score (nSPS) is 17.6. The molecular weight excluding hydrogens is 350 g/mol. The van der Waals surface area contributed by atoms with Crippen LogP contribution in [0, 0.1) is 6.92 Å². The summed E-state index contributed by atoms with van der Waals surface area (Å²) >= 11 is 8.98. The van der Waals surface area contributed by atoms with Crippen molar-refractivity contribution in [3.63, 3.8) is 0 Å². The standard InChI is InChI=1S/C16H20ClN3OS2/c1-3-8-20(11-6-7-18-9-11)16(21)14-10(2)19-15(23-14)12-4-5-13(17)22-12/h4-5,11,18H,3,6-9H2,1-2H3. The fourth-order valence-electron chi connectivity index (χ4n) is 2.86. The van der Waals surface area contributed by atoms with Crippen LogP contribution in [0.25, 0.3) is 9.88 Å². The summed E-state index contributed by atoms with van der Waals surface area (Å²) in [5, 5.41) is 4.23. The molecule has 0 bridgehead atoms. The van der Waals surface area contributed by atoms with Crippen molar-refractivity contribution in [3.8, 4) is 9.88 Å². The molecular formula is C16H20ClN3OS2. The summed E-state index contributed by atoms with van der Waals surface area (Å²) in [6.07, 6.45) is 1.99. The number of carbonyl (C=O) groups is 1. The highest BCUT2D eigenvalue weighted by Gasteiger charge is 2.29. The SMILES string of the molecule is CCCN(C(=O)c1sc(-c2ccc(Cl)s2)nc1C)C1CCNC1.